The fourth-order valence-corrected chi connectivity index (χ4v) is 2.84. The smallest absolute Gasteiger partial charge is 0.314 e. The molecule has 2 rings (SSSR count). The Kier molecular flexibility index (Phi) is 5.95. The highest BCUT2D eigenvalue weighted by Gasteiger charge is 2.30. The number of piperidine rings is 1. The molecule has 1 saturated heterocycles. The number of anilines is 1. The number of carbonyl (C=O) groups excluding carboxylic acids is 2. The molecule has 1 aromatic carbocycles. The number of carbonyl (C=O) groups is 2. The molecule has 0 saturated carbocycles. The second kappa shape index (κ2) is 7.94. The molecule has 0 spiro atoms. The van der Waals surface area contributed by atoms with E-state index in [2.05, 4.69) is 5.32 Å². The van der Waals surface area contributed by atoms with Crippen LogP contribution in [0.5, 0.6) is 0 Å². The second-order valence-corrected chi connectivity index (χ2v) is 5.89. The van der Waals surface area contributed by atoms with E-state index in [1.807, 2.05) is 38.1 Å². The van der Waals surface area contributed by atoms with Gasteiger partial charge in [-0.2, -0.15) is 0 Å². The van der Waals surface area contributed by atoms with Crippen molar-refractivity contribution in [1.82, 2.24) is 0 Å². The Morgan fingerprint density at radius 3 is 2.73 bits per heavy atom. The average Bonchev–Trinajstić information content (AvgIpc) is 2.50. The Bertz CT molecular complexity index is 513. The lowest BCUT2D eigenvalue weighted by atomic mass is 9.98. The quantitative estimate of drug-likeness (QED) is 0.791. The van der Waals surface area contributed by atoms with E-state index in [9.17, 15) is 9.59 Å². The summed E-state index contributed by atoms with van der Waals surface area (Å²) in [6.07, 6.45) is 1.82. The Balaban J connectivity index is 1.83. The van der Waals surface area contributed by atoms with Crippen LogP contribution in [0.4, 0.5) is 5.69 Å². The summed E-state index contributed by atoms with van der Waals surface area (Å²) in [6, 6.07) is 7.75. The van der Waals surface area contributed by atoms with Gasteiger partial charge in [0.2, 0.25) is 0 Å². The van der Waals surface area contributed by atoms with Crippen LogP contribution < -0.4 is 10.2 Å². The van der Waals surface area contributed by atoms with Crippen LogP contribution in [-0.4, -0.2) is 38.1 Å². The minimum absolute atomic E-state index is 0.0108. The molecule has 1 unspecified atom stereocenters. The van der Waals surface area contributed by atoms with Gasteiger partial charge in [-0.15, -0.1) is 0 Å². The van der Waals surface area contributed by atoms with Gasteiger partial charge in [0.05, 0.1) is 19.7 Å². The van der Waals surface area contributed by atoms with Gasteiger partial charge in [0.1, 0.15) is 5.92 Å². The van der Waals surface area contributed by atoms with Crippen molar-refractivity contribution in [1.29, 1.82) is 0 Å². The van der Waals surface area contributed by atoms with Crippen LogP contribution in [0.1, 0.15) is 25.3 Å². The summed E-state index contributed by atoms with van der Waals surface area (Å²) in [4.78, 5) is 25.1. The van der Waals surface area contributed by atoms with Gasteiger partial charge in [0, 0.05) is 5.69 Å². The summed E-state index contributed by atoms with van der Waals surface area (Å²) in [7, 11) is 0. The standard InChI is InChI=1S/C17H24N2O3/c1-3-22-17(21)14-5-4-10-19(11-14)12-16(20)18-15-8-6-13(2)7-9-15/h6-9,14H,3-5,10-12H2,1-2H3,(H,18,20)/p+1/t14-/m1/s1. The maximum Gasteiger partial charge on any atom is 0.314 e. The molecule has 22 heavy (non-hydrogen) atoms. The molecule has 5 nitrogen and oxygen atoms in total. The number of amides is 1. The zero-order chi connectivity index (χ0) is 15.9. The van der Waals surface area contributed by atoms with E-state index in [0.29, 0.717) is 19.7 Å². The van der Waals surface area contributed by atoms with Gasteiger partial charge < -0.3 is 15.0 Å². The number of hydrogen-bond acceptors (Lipinski definition) is 3. The van der Waals surface area contributed by atoms with Crippen molar-refractivity contribution in [3.05, 3.63) is 29.8 Å². The number of benzene rings is 1. The summed E-state index contributed by atoms with van der Waals surface area (Å²) >= 11 is 0. The monoisotopic (exact) mass is 305 g/mol. The SMILES string of the molecule is CCOC(=O)[C@@H]1CCC[NH+](CC(=O)Nc2ccc(C)cc2)C1. The molecule has 1 heterocycles. The van der Waals surface area contributed by atoms with Gasteiger partial charge in [0.25, 0.3) is 5.91 Å². The van der Waals surface area contributed by atoms with E-state index in [4.69, 9.17) is 4.74 Å². The number of rotatable bonds is 5. The Morgan fingerprint density at radius 2 is 2.05 bits per heavy atom. The zero-order valence-corrected chi connectivity index (χ0v) is 13.4. The highest BCUT2D eigenvalue weighted by molar-refractivity contribution is 5.91. The number of nitrogens with one attached hydrogen (secondary N) is 2. The first-order valence-electron chi connectivity index (χ1n) is 7.95. The van der Waals surface area contributed by atoms with Gasteiger partial charge in [0.15, 0.2) is 6.54 Å². The number of ether oxygens (including phenoxy) is 1. The molecule has 120 valence electrons. The number of hydrogen-bond donors (Lipinski definition) is 2. The molecule has 5 heteroatoms. The summed E-state index contributed by atoms with van der Waals surface area (Å²) in [6.45, 7) is 6.25. The van der Waals surface area contributed by atoms with E-state index in [-0.39, 0.29) is 17.8 Å². The van der Waals surface area contributed by atoms with E-state index < -0.39 is 0 Å². The molecule has 1 aromatic rings. The van der Waals surface area contributed by atoms with Crippen LogP contribution in [0.2, 0.25) is 0 Å². The molecule has 0 aromatic heterocycles. The lowest BCUT2D eigenvalue weighted by Crippen LogP contribution is -3.14. The molecule has 1 aliphatic rings. The van der Waals surface area contributed by atoms with Crippen LogP contribution in [0.15, 0.2) is 24.3 Å². The fraction of sp³-hybridized carbons (Fsp3) is 0.529. The molecule has 0 bridgehead atoms. The van der Waals surface area contributed by atoms with Crippen molar-refractivity contribution < 1.29 is 19.2 Å². The number of esters is 1. The maximum absolute atomic E-state index is 12.1. The second-order valence-electron chi connectivity index (χ2n) is 5.89. The van der Waals surface area contributed by atoms with E-state index >= 15 is 0 Å². The van der Waals surface area contributed by atoms with Crippen molar-refractivity contribution >= 4 is 17.6 Å². The van der Waals surface area contributed by atoms with Crippen molar-refractivity contribution in [3.63, 3.8) is 0 Å². The molecule has 1 aliphatic heterocycles. The summed E-state index contributed by atoms with van der Waals surface area (Å²) in [5.41, 5.74) is 1.98. The first-order chi connectivity index (χ1) is 10.6. The van der Waals surface area contributed by atoms with Crippen LogP contribution >= 0.6 is 0 Å². The predicted octanol–water partition coefficient (Wildman–Crippen LogP) is 0.792. The van der Waals surface area contributed by atoms with E-state index in [1.165, 1.54) is 0 Å². The van der Waals surface area contributed by atoms with Crippen LogP contribution in [0.3, 0.4) is 0 Å². The Morgan fingerprint density at radius 1 is 1.32 bits per heavy atom. The highest BCUT2D eigenvalue weighted by atomic mass is 16.5. The third kappa shape index (κ3) is 4.84. The van der Waals surface area contributed by atoms with Crippen molar-refractivity contribution in [3.8, 4) is 0 Å². The predicted molar refractivity (Wildman–Crippen MR) is 84.7 cm³/mol. The molecule has 1 amide bonds. The first-order valence-corrected chi connectivity index (χ1v) is 7.95. The van der Waals surface area contributed by atoms with Crippen molar-refractivity contribution in [2.45, 2.75) is 26.7 Å². The maximum atomic E-state index is 12.1. The molecular weight excluding hydrogens is 280 g/mol. The van der Waals surface area contributed by atoms with Gasteiger partial charge in [-0.05, 0) is 38.8 Å². The molecular formula is C17H25N2O3+. The topological polar surface area (TPSA) is 59.8 Å². The lowest BCUT2D eigenvalue weighted by molar-refractivity contribution is -0.899. The summed E-state index contributed by atoms with van der Waals surface area (Å²) in [5.74, 6) is -0.210. The van der Waals surface area contributed by atoms with E-state index in [0.717, 1.165) is 35.5 Å². The zero-order valence-electron chi connectivity index (χ0n) is 13.4. The third-order valence-electron chi connectivity index (χ3n) is 3.98. The fourth-order valence-electron chi connectivity index (χ4n) is 2.84. The molecule has 0 radical (unpaired) electrons. The van der Waals surface area contributed by atoms with Crippen molar-refractivity contribution in [2.24, 2.45) is 5.92 Å². The average molecular weight is 305 g/mol. The third-order valence-corrected chi connectivity index (χ3v) is 3.98. The lowest BCUT2D eigenvalue weighted by Gasteiger charge is -2.28. The number of likely N-dealkylation sites (tertiary alicyclic amines) is 1. The molecule has 2 atom stereocenters. The summed E-state index contributed by atoms with van der Waals surface area (Å²) in [5, 5.41) is 2.91. The first kappa shape index (κ1) is 16.5. The van der Waals surface area contributed by atoms with E-state index in [1.54, 1.807) is 0 Å². The van der Waals surface area contributed by atoms with Gasteiger partial charge in [-0.3, -0.25) is 9.59 Å². The minimum Gasteiger partial charge on any atom is -0.466 e. The Labute approximate surface area is 131 Å². The highest BCUT2D eigenvalue weighted by Crippen LogP contribution is 2.10. The van der Waals surface area contributed by atoms with Crippen molar-refractivity contribution in [2.75, 3.05) is 31.6 Å². The molecule has 0 aliphatic carbocycles. The van der Waals surface area contributed by atoms with Crippen LogP contribution in [0, 0.1) is 12.8 Å². The van der Waals surface area contributed by atoms with Gasteiger partial charge in [-0.1, -0.05) is 17.7 Å². The van der Waals surface area contributed by atoms with Gasteiger partial charge in [-0.25, -0.2) is 0 Å². The minimum atomic E-state index is -0.126. The Hall–Kier alpha value is -1.88. The number of aryl methyl sites for hydroxylation is 1. The van der Waals surface area contributed by atoms with Gasteiger partial charge >= 0.3 is 5.97 Å². The normalized spacial score (nSPS) is 21.2. The number of quaternary nitrogens is 1. The van der Waals surface area contributed by atoms with Crippen LogP contribution in [0.25, 0.3) is 0 Å². The largest absolute Gasteiger partial charge is 0.466 e. The molecule has 2 N–H and O–H groups in total. The van der Waals surface area contributed by atoms with Crippen LogP contribution in [-0.2, 0) is 14.3 Å². The summed E-state index contributed by atoms with van der Waals surface area (Å²) < 4.78 is 5.09. The molecule has 1 fully saturated rings.